The number of carbonyl (C=O) groups excluding carboxylic acids is 1. The average Bonchev–Trinajstić information content (AvgIpc) is 2.86. The molecule has 1 N–H and O–H groups in total. The number of anilines is 1. The summed E-state index contributed by atoms with van der Waals surface area (Å²) in [6.45, 7) is 1.81. The number of carbonyl (C=O) groups is 1. The van der Waals surface area contributed by atoms with Gasteiger partial charge in [0.15, 0.2) is 11.5 Å². The summed E-state index contributed by atoms with van der Waals surface area (Å²) in [6, 6.07) is 16.0. The number of halogens is 2. The maximum Gasteiger partial charge on any atom is 0.339 e. The molecule has 3 rings (SSSR count). The van der Waals surface area contributed by atoms with Crippen molar-refractivity contribution in [2.45, 2.75) is 11.8 Å². The highest BCUT2D eigenvalue weighted by molar-refractivity contribution is 9.11. The number of hydrogen-bond donors (Lipinski definition) is 1. The van der Waals surface area contributed by atoms with Gasteiger partial charge in [-0.05, 0) is 80.8 Å². The van der Waals surface area contributed by atoms with E-state index in [1.165, 1.54) is 24.3 Å². The minimum absolute atomic E-state index is 0.000586. The fourth-order valence-corrected chi connectivity index (χ4v) is 5.02. The summed E-state index contributed by atoms with van der Waals surface area (Å²) in [5.74, 6) is -0.862. The zero-order valence-electron chi connectivity index (χ0n) is 19.0. The van der Waals surface area contributed by atoms with E-state index < -0.39 is 31.5 Å². The van der Waals surface area contributed by atoms with Crippen molar-refractivity contribution in [2.24, 2.45) is 0 Å². The van der Waals surface area contributed by atoms with Crippen LogP contribution in [0.25, 0.3) is 6.08 Å². The molecule has 0 fully saturated rings. The number of para-hydroxylation sites is 1. The van der Waals surface area contributed by atoms with Crippen molar-refractivity contribution in [3.05, 3.63) is 90.9 Å². The van der Waals surface area contributed by atoms with Crippen molar-refractivity contribution < 1.29 is 27.1 Å². The van der Waals surface area contributed by atoms with Crippen LogP contribution < -0.4 is 14.2 Å². The molecule has 13 heteroatoms. The number of nitrogens with one attached hydrogen (secondary N) is 1. The largest absolute Gasteiger partial charge is 0.490 e. The van der Waals surface area contributed by atoms with Crippen LogP contribution in [-0.4, -0.2) is 25.9 Å². The molecule has 0 spiro atoms. The second kappa shape index (κ2) is 12.0. The number of nitro benzene ring substituents is 1. The van der Waals surface area contributed by atoms with Crippen molar-refractivity contribution in [3.8, 4) is 17.6 Å². The van der Waals surface area contributed by atoms with E-state index in [-0.39, 0.29) is 28.2 Å². The lowest BCUT2D eigenvalue weighted by molar-refractivity contribution is -0.385. The summed E-state index contributed by atoms with van der Waals surface area (Å²) in [4.78, 5) is 22.6. The van der Waals surface area contributed by atoms with Crippen molar-refractivity contribution in [3.63, 3.8) is 0 Å². The van der Waals surface area contributed by atoms with Gasteiger partial charge in [-0.3, -0.25) is 14.9 Å². The summed E-state index contributed by atoms with van der Waals surface area (Å²) in [5, 5.41) is 23.2. The van der Waals surface area contributed by atoms with Gasteiger partial charge in [-0.1, -0.05) is 18.2 Å². The molecule has 3 aromatic carbocycles. The number of nitro groups is 1. The van der Waals surface area contributed by atoms with Crippen molar-refractivity contribution >= 4 is 65.3 Å². The van der Waals surface area contributed by atoms with Gasteiger partial charge < -0.3 is 14.2 Å². The summed E-state index contributed by atoms with van der Waals surface area (Å²) < 4.78 is 37.3. The smallest absolute Gasteiger partial charge is 0.339 e. The van der Waals surface area contributed by atoms with Gasteiger partial charge in [-0.25, -0.2) is 0 Å². The third-order valence-corrected chi connectivity index (χ3v) is 7.14. The lowest BCUT2D eigenvalue weighted by atomic mass is 10.1. The van der Waals surface area contributed by atoms with Crippen LogP contribution in [0.3, 0.4) is 0 Å². The van der Waals surface area contributed by atoms with Crippen molar-refractivity contribution in [1.29, 1.82) is 5.26 Å². The van der Waals surface area contributed by atoms with Gasteiger partial charge in [0.2, 0.25) is 0 Å². The minimum atomic E-state index is -4.48. The molecule has 0 saturated heterocycles. The van der Waals surface area contributed by atoms with Gasteiger partial charge in [0.05, 0.1) is 21.7 Å². The van der Waals surface area contributed by atoms with Gasteiger partial charge in [0, 0.05) is 16.6 Å². The summed E-state index contributed by atoms with van der Waals surface area (Å²) in [7, 11) is -4.48. The van der Waals surface area contributed by atoms with Crippen LogP contribution in [0, 0.1) is 21.4 Å². The zero-order valence-corrected chi connectivity index (χ0v) is 23.0. The molecule has 190 valence electrons. The van der Waals surface area contributed by atoms with E-state index in [1.54, 1.807) is 31.2 Å². The Bertz CT molecular complexity index is 1550. The Morgan fingerprint density at radius 2 is 1.86 bits per heavy atom. The number of nitriles is 1. The highest BCUT2D eigenvalue weighted by Crippen LogP contribution is 2.39. The molecule has 0 aliphatic heterocycles. The number of hydrogen-bond acceptors (Lipinski definition) is 8. The number of rotatable bonds is 9. The van der Waals surface area contributed by atoms with E-state index in [2.05, 4.69) is 37.2 Å². The first kappa shape index (κ1) is 27.9. The molecule has 3 aromatic rings. The minimum Gasteiger partial charge on any atom is -0.490 e. The van der Waals surface area contributed by atoms with Crippen molar-refractivity contribution in [1.82, 2.24) is 0 Å². The van der Waals surface area contributed by atoms with E-state index in [0.717, 1.165) is 18.2 Å². The number of nitrogens with zero attached hydrogens (tertiary/aromatic N) is 2. The normalized spacial score (nSPS) is 11.4. The first-order valence-electron chi connectivity index (χ1n) is 10.4. The Balaban J connectivity index is 1.96. The van der Waals surface area contributed by atoms with Crippen LogP contribution in [0.2, 0.25) is 0 Å². The molecule has 0 bridgehead atoms. The second-order valence-corrected chi connectivity index (χ2v) is 10.4. The molecule has 1 amide bonds. The van der Waals surface area contributed by atoms with Crippen LogP contribution in [0.15, 0.2) is 80.1 Å². The third kappa shape index (κ3) is 6.94. The number of non-ortho nitro benzene ring substituents is 1. The molecule has 0 saturated carbocycles. The Morgan fingerprint density at radius 3 is 2.51 bits per heavy atom. The number of ether oxygens (including phenoxy) is 1. The van der Waals surface area contributed by atoms with Crippen LogP contribution in [0.5, 0.6) is 11.5 Å². The van der Waals surface area contributed by atoms with Crippen molar-refractivity contribution in [2.75, 3.05) is 11.9 Å². The molecule has 0 heterocycles. The number of benzene rings is 3. The average molecular weight is 651 g/mol. The first-order valence-corrected chi connectivity index (χ1v) is 13.4. The number of amides is 1. The van der Waals surface area contributed by atoms with E-state index in [9.17, 15) is 28.6 Å². The van der Waals surface area contributed by atoms with E-state index >= 15 is 0 Å². The van der Waals surface area contributed by atoms with E-state index in [0.29, 0.717) is 15.7 Å². The molecule has 0 atom stereocenters. The molecule has 0 aliphatic rings. The standard InChI is InChI=1S/C24H17Br2N3O7S/c1-2-35-22-12-15(10-16(14-27)24(30)28-21-9-4-3-8-19(21)25)11-20(26)23(22)36-37(33,34)18-7-5-6-17(13-18)29(31)32/h3-13H,2H2,1H3,(H,28,30)/b16-10+. The lowest BCUT2D eigenvalue weighted by Gasteiger charge is -2.14. The van der Waals surface area contributed by atoms with E-state index in [4.69, 9.17) is 8.92 Å². The molecule has 0 radical (unpaired) electrons. The maximum absolute atomic E-state index is 12.9. The highest BCUT2D eigenvalue weighted by Gasteiger charge is 2.24. The van der Waals surface area contributed by atoms with Gasteiger partial charge in [0.25, 0.3) is 11.6 Å². The Hall–Kier alpha value is -3.73. The highest BCUT2D eigenvalue weighted by atomic mass is 79.9. The molecule has 10 nitrogen and oxygen atoms in total. The van der Waals surface area contributed by atoms with Crippen LogP contribution in [0.1, 0.15) is 12.5 Å². The van der Waals surface area contributed by atoms with Crippen LogP contribution in [-0.2, 0) is 14.9 Å². The Kier molecular flexibility index (Phi) is 9.04. The van der Waals surface area contributed by atoms with E-state index in [1.807, 2.05) is 6.07 Å². The summed E-state index contributed by atoms with van der Waals surface area (Å²) >= 11 is 6.57. The van der Waals surface area contributed by atoms with Gasteiger partial charge in [0.1, 0.15) is 16.5 Å². The Labute approximate surface area is 229 Å². The summed E-state index contributed by atoms with van der Waals surface area (Å²) in [6.07, 6.45) is 1.30. The monoisotopic (exact) mass is 649 g/mol. The van der Waals surface area contributed by atoms with Crippen LogP contribution >= 0.6 is 31.9 Å². The fourth-order valence-electron chi connectivity index (χ4n) is 2.99. The molecular weight excluding hydrogens is 634 g/mol. The van der Waals surface area contributed by atoms with Gasteiger partial charge >= 0.3 is 10.1 Å². The molecule has 0 aromatic heterocycles. The Morgan fingerprint density at radius 1 is 1.14 bits per heavy atom. The molecular formula is C24H17Br2N3O7S. The van der Waals surface area contributed by atoms with Gasteiger partial charge in [-0.2, -0.15) is 13.7 Å². The predicted molar refractivity (Wildman–Crippen MR) is 143 cm³/mol. The SMILES string of the molecule is CCOc1cc(/C=C(\C#N)C(=O)Nc2ccccc2Br)cc(Br)c1OS(=O)(=O)c1cccc([N+](=O)[O-])c1. The fraction of sp³-hybridized carbons (Fsp3) is 0.0833. The summed E-state index contributed by atoms with van der Waals surface area (Å²) in [5.41, 5.74) is 0.177. The van der Waals surface area contributed by atoms with Crippen LogP contribution in [0.4, 0.5) is 11.4 Å². The molecule has 0 unspecified atom stereocenters. The topological polar surface area (TPSA) is 149 Å². The predicted octanol–water partition coefficient (Wildman–Crippen LogP) is 5.83. The quantitative estimate of drug-likeness (QED) is 0.0999. The molecule has 37 heavy (non-hydrogen) atoms. The lowest BCUT2D eigenvalue weighted by Crippen LogP contribution is -2.14. The molecule has 0 aliphatic carbocycles. The third-order valence-electron chi connectivity index (χ3n) is 4.64. The first-order chi connectivity index (χ1) is 17.6. The second-order valence-electron chi connectivity index (χ2n) is 7.16. The zero-order chi connectivity index (χ0) is 27.2. The van der Waals surface area contributed by atoms with Gasteiger partial charge in [-0.15, -0.1) is 0 Å². The maximum atomic E-state index is 12.9.